The number of carbonyl (C=O) groups is 2. The molecule has 0 spiro atoms. The third-order valence-electron chi connectivity index (χ3n) is 3.85. The van der Waals surface area contributed by atoms with Crippen LogP contribution in [0.25, 0.3) is 6.08 Å². The molecule has 0 aliphatic rings. The van der Waals surface area contributed by atoms with Crippen molar-refractivity contribution >= 4 is 40.0 Å². The first-order valence-corrected chi connectivity index (χ1v) is 9.63. The minimum absolute atomic E-state index is 0.0761. The first-order chi connectivity index (χ1) is 14.3. The predicted octanol–water partition coefficient (Wildman–Crippen LogP) is 5.00. The quantitative estimate of drug-likeness (QED) is 0.540. The van der Waals surface area contributed by atoms with Crippen LogP contribution in [0.2, 0.25) is 0 Å². The molecule has 3 rings (SSSR count). The van der Waals surface area contributed by atoms with Gasteiger partial charge >= 0.3 is 6.18 Å². The molecule has 2 N–H and O–H groups in total. The molecule has 154 valence electrons. The SMILES string of the molecule is O=C(/C=C/c1ccccc1)Nc1nc(CC(=O)Nc2ccc(C(F)(F)F)cc2)cs1. The minimum Gasteiger partial charge on any atom is -0.326 e. The van der Waals surface area contributed by atoms with Gasteiger partial charge in [0.15, 0.2) is 5.13 Å². The van der Waals surface area contributed by atoms with Crippen molar-refractivity contribution in [1.82, 2.24) is 4.98 Å². The first kappa shape index (κ1) is 21.3. The maximum atomic E-state index is 12.6. The molecule has 1 heterocycles. The van der Waals surface area contributed by atoms with E-state index in [9.17, 15) is 22.8 Å². The molecule has 2 aromatic carbocycles. The number of hydrogen-bond donors (Lipinski definition) is 2. The van der Waals surface area contributed by atoms with E-state index in [-0.39, 0.29) is 18.0 Å². The normalized spacial score (nSPS) is 11.4. The molecule has 5 nitrogen and oxygen atoms in total. The lowest BCUT2D eigenvalue weighted by Crippen LogP contribution is -2.15. The number of rotatable bonds is 6. The number of thiazole rings is 1. The fourth-order valence-electron chi connectivity index (χ4n) is 2.44. The van der Waals surface area contributed by atoms with Gasteiger partial charge in [-0.2, -0.15) is 13.2 Å². The molecule has 0 saturated heterocycles. The molecule has 0 aliphatic carbocycles. The molecule has 3 aromatic rings. The van der Waals surface area contributed by atoms with E-state index >= 15 is 0 Å². The maximum absolute atomic E-state index is 12.6. The Kier molecular flexibility index (Phi) is 6.63. The fourth-order valence-corrected chi connectivity index (χ4v) is 3.15. The van der Waals surface area contributed by atoms with Gasteiger partial charge in [-0.3, -0.25) is 14.9 Å². The molecule has 0 aliphatic heterocycles. The molecule has 9 heteroatoms. The molecule has 0 fully saturated rings. The van der Waals surface area contributed by atoms with Gasteiger partial charge in [-0.1, -0.05) is 30.3 Å². The molecule has 1 aromatic heterocycles. The van der Waals surface area contributed by atoms with Crippen LogP contribution in [0.3, 0.4) is 0 Å². The molecular formula is C21H16F3N3O2S. The lowest BCUT2D eigenvalue weighted by atomic mass is 10.2. The summed E-state index contributed by atoms with van der Waals surface area (Å²) >= 11 is 1.17. The average molecular weight is 431 g/mol. The summed E-state index contributed by atoms with van der Waals surface area (Å²) < 4.78 is 37.7. The van der Waals surface area contributed by atoms with Gasteiger partial charge in [0.1, 0.15) is 0 Å². The molecule has 0 radical (unpaired) electrons. The number of nitrogens with one attached hydrogen (secondary N) is 2. The van der Waals surface area contributed by atoms with Gasteiger partial charge in [0.05, 0.1) is 17.7 Å². The standard InChI is InChI=1S/C21H16F3N3O2S/c22-21(23,24)15-7-9-16(10-8-15)25-19(29)12-17-13-30-20(26-17)27-18(28)11-6-14-4-2-1-3-5-14/h1-11,13H,12H2,(H,25,29)(H,26,27,28)/b11-6+. The highest BCUT2D eigenvalue weighted by atomic mass is 32.1. The van der Waals surface area contributed by atoms with E-state index in [0.29, 0.717) is 10.8 Å². The summed E-state index contributed by atoms with van der Waals surface area (Å²) in [5.74, 6) is -0.782. The van der Waals surface area contributed by atoms with Crippen molar-refractivity contribution in [2.24, 2.45) is 0 Å². The number of aromatic nitrogens is 1. The van der Waals surface area contributed by atoms with Crippen LogP contribution in [0.4, 0.5) is 24.0 Å². The van der Waals surface area contributed by atoms with Crippen LogP contribution in [0, 0.1) is 0 Å². The van der Waals surface area contributed by atoms with Crippen molar-refractivity contribution in [2.45, 2.75) is 12.6 Å². The van der Waals surface area contributed by atoms with E-state index in [4.69, 9.17) is 0 Å². The number of benzene rings is 2. The zero-order chi connectivity index (χ0) is 21.6. The van der Waals surface area contributed by atoms with Crippen LogP contribution in [-0.4, -0.2) is 16.8 Å². The van der Waals surface area contributed by atoms with Crippen LogP contribution in [0.5, 0.6) is 0 Å². The Morgan fingerprint density at radius 2 is 1.70 bits per heavy atom. The number of alkyl halides is 3. The molecule has 0 bridgehead atoms. The summed E-state index contributed by atoms with van der Waals surface area (Å²) in [5, 5.41) is 7.11. The topological polar surface area (TPSA) is 71.1 Å². The summed E-state index contributed by atoms with van der Waals surface area (Å²) in [6.07, 6.45) is -1.46. The second-order valence-electron chi connectivity index (χ2n) is 6.18. The highest BCUT2D eigenvalue weighted by Crippen LogP contribution is 2.29. The molecule has 0 atom stereocenters. The lowest BCUT2D eigenvalue weighted by molar-refractivity contribution is -0.137. The minimum atomic E-state index is -4.43. The van der Waals surface area contributed by atoms with Crippen LogP contribution in [0.1, 0.15) is 16.8 Å². The van der Waals surface area contributed by atoms with Crippen molar-refractivity contribution in [2.75, 3.05) is 10.6 Å². The molecule has 2 amide bonds. The van der Waals surface area contributed by atoms with E-state index in [2.05, 4.69) is 15.6 Å². The molecule has 0 saturated carbocycles. The maximum Gasteiger partial charge on any atom is 0.416 e. The lowest BCUT2D eigenvalue weighted by Gasteiger charge is -2.08. The van der Waals surface area contributed by atoms with Crippen molar-refractivity contribution < 1.29 is 22.8 Å². The number of amides is 2. The Balaban J connectivity index is 1.51. The number of carbonyl (C=O) groups excluding carboxylic acids is 2. The summed E-state index contributed by atoms with van der Waals surface area (Å²) in [7, 11) is 0. The van der Waals surface area contributed by atoms with E-state index in [1.54, 1.807) is 11.5 Å². The van der Waals surface area contributed by atoms with Gasteiger partial charge in [-0.05, 0) is 35.9 Å². The second-order valence-corrected chi connectivity index (χ2v) is 7.04. The third kappa shape index (κ3) is 6.28. The Morgan fingerprint density at radius 1 is 1.00 bits per heavy atom. The van der Waals surface area contributed by atoms with E-state index < -0.39 is 17.6 Å². The van der Waals surface area contributed by atoms with Crippen molar-refractivity contribution in [3.05, 3.63) is 82.9 Å². The van der Waals surface area contributed by atoms with Gasteiger partial charge < -0.3 is 5.32 Å². The summed E-state index contributed by atoms with van der Waals surface area (Å²) in [6, 6.07) is 13.5. The zero-order valence-electron chi connectivity index (χ0n) is 15.4. The van der Waals surface area contributed by atoms with Crippen LogP contribution < -0.4 is 10.6 Å². The van der Waals surface area contributed by atoms with Gasteiger partial charge in [-0.25, -0.2) is 4.98 Å². The number of hydrogen-bond acceptors (Lipinski definition) is 4. The van der Waals surface area contributed by atoms with Gasteiger partial charge in [0, 0.05) is 17.1 Å². The largest absolute Gasteiger partial charge is 0.416 e. The van der Waals surface area contributed by atoms with E-state index in [1.807, 2.05) is 30.3 Å². The zero-order valence-corrected chi connectivity index (χ0v) is 16.3. The summed E-state index contributed by atoms with van der Waals surface area (Å²) in [6.45, 7) is 0. The van der Waals surface area contributed by atoms with Crippen molar-refractivity contribution in [3.8, 4) is 0 Å². The van der Waals surface area contributed by atoms with Crippen LogP contribution >= 0.6 is 11.3 Å². The monoisotopic (exact) mass is 431 g/mol. The van der Waals surface area contributed by atoms with Crippen LogP contribution in [-0.2, 0) is 22.2 Å². The first-order valence-electron chi connectivity index (χ1n) is 8.75. The van der Waals surface area contributed by atoms with Gasteiger partial charge in [0.2, 0.25) is 11.8 Å². The highest BCUT2D eigenvalue weighted by Gasteiger charge is 2.30. The number of halogens is 3. The molecule has 30 heavy (non-hydrogen) atoms. The Morgan fingerprint density at radius 3 is 2.37 bits per heavy atom. The molecule has 0 unspecified atom stereocenters. The fraction of sp³-hybridized carbons (Fsp3) is 0.0952. The van der Waals surface area contributed by atoms with E-state index in [1.165, 1.54) is 29.5 Å². The summed E-state index contributed by atoms with van der Waals surface area (Å²) in [5.41, 5.74) is 0.781. The number of nitrogens with zero attached hydrogens (tertiary/aromatic N) is 1. The van der Waals surface area contributed by atoms with E-state index in [0.717, 1.165) is 17.7 Å². The van der Waals surface area contributed by atoms with Gasteiger partial charge in [0.25, 0.3) is 0 Å². The predicted molar refractivity (Wildman–Crippen MR) is 110 cm³/mol. The van der Waals surface area contributed by atoms with Gasteiger partial charge in [-0.15, -0.1) is 11.3 Å². The Labute approximate surface area is 174 Å². The highest BCUT2D eigenvalue weighted by molar-refractivity contribution is 7.14. The second kappa shape index (κ2) is 9.36. The molecular weight excluding hydrogens is 415 g/mol. The Hall–Kier alpha value is -3.46. The third-order valence-corrected chi connectivity index (χ3v) is 4.65. The average Bonchev–Trinajstić information content (AvgIpc) is 3.13. The Bertz CT molecular complexity index is 1050. The number of anilines is 2. The van der Waals surface area contributed by atoms with Crippen molar-refractivity contribution in [1.29, 1.82) is 0 Å². The summed E-state index contributed by atoms with van der Waals surface area (Å²) in [4.78, 5) is 28.2. The van der Waals surface area contributed by atoms with Crippen molar-refractivity contribution in [3.63, 3.8) is 0 Å². The van der Waals surface area contributed by atoms with Crippen LogP contribution in [0.15, 0.2) is 66.1 Å². The smallest absolute Gasteiger partial charge is 0.326 e.